The van der Waals surface area contributed by atoms with Crippen molar-refractivity contribution in [1.82, 2.24) is 4.57 Å². The van der Waals surface area contributed by atoms with Crippen LogP contribution in [0.1, 0.15) is 5.56 Å². The maximum atomic E-state index is 12.7. The van der Waals surface area contributed by atoms with Crippen LogP contribution >= 0.6 is 33.9 Å². The summed E-state index contributed by atoms with van der Waals surface area (Å²) in [7, 11) is 0. The Bertz CT molecular complexity index is 1110. The van der Waals surface area contributed by atoms with E-state index in [1.807, 2.05) is 48.6 Å². The molecular weight excluding hydrogens is 457 g/mol. The Morgan fingerprint density at radius 3 is 2.62 bits per heavy atom. The van der Waals surface area contributed by atoms with Crippen molar-refractivity contribution >= 4 is 51.8 Å². The number of hydrogen-bond acceptors (Lipinski definition) is 4. The van der Waals surface area contributed by atoms with Crippen molar-refractivity contribution in [2.75, 3.05) is 11.6 Å². The summed E-state index contributed by atoms with van der Waals surface area (Å²) in [4.78, 5) is 20.2. The summed E-state index contributed by atoms with van der Waals surface area (Å²) < 4.78 is 3.64. The van der Waals surface area contributed by atoms with Crippen molar-refractivity contribution in [3.05, 3.63) is 89.5 Å². The molecular formula is C20H16IN3OS. The van der Waals surface area contributed by atoms with Gasteiger partial charge in [-0.15, -0.1) is 0 Å². The Morgan fingerprint density at radius 2 is 1.85 bits per heavy atom. The monoisotopic (exact) mass is 473 g/mol. The van der Waals surface area contributed by atoms with Crippen LogP contribution < -0.4 is 19.8 Å². The van der Waals surface area contributed by atoms with Gasteiger partial charge in [-0.1, -0.05) is 53.8 Å². The predicted molar refractivity (Wildman–Crippen MR) is 116 cm³/mol. The molecule has 6 heteroatoms. The van der Waals surface area contributed by atoms with Gasteiger partial charge in [-0.2, -0.15) is 0 Å². The Morgan fingerprint density at radius 1 is 1.08 bits per heavy atom. The van der Waals surface area contributed by atoms with Crippen LogP contribution in [-0.2, 0) is 6.67 Å². The summed E-state index contributed by atoms with van der Waals surface area (Å²) >= 11 is 3.73. The SMILES string of the molecule is O=c1/c(=C\C=C\c2ccccc2)sc2n1CN(c1ccc(I)cc1)CN=2. The van der Waals surface area contributed by atoms with Gasteiger partial charge in [0.05, 0.1) is 4.53 Å². The van der Waals surface area contributed by atoms with Crippen LogP contribution in [-0.4, -0.2) is 11.2 Å². The summed E-state index contributed by atoms with van der Waals surface area (Å²) in [6, 6.07) is 18.3. The van der Waals surface area contributed by atoms with E-state index in [4.69, 9.17) is 0 Å². The van der Waals surface area contributed by atoms with E-state index in [1.54, 1.807) is 4.57 Å². The number of nitrogens with zero attached hydrogens (tertiary/aromatic N) is 3. The van der Waals surface area contributed by atoms with Gasteiger partial charge in [0.25, 0.3) is 5.56 Å². The van der Waals surface area contributed by atoms with Crippen molar-refractivity contribution in [2.45, 2.75) is 6.67 Å². The van der Waals surface area contributed by atoms with Crippen LogP contribution in [0.4, 0.5) is 5.69 Å². The maximum Gasteiger partial charge on any atom is 0.271 e. The first-order valence-electron chi connectivity index (χ1n) is 8.19. The number of benzene rings is 2. The highest BCUT2D eigenvalue weighted by Gasteiger charge is 2.15. The molecule has 4 rings (SSSR count). The zero-order chi connectivity index (χ0) is 17.9. The third kappa shape index (κ3) is 3.66. The Kier molecular flexibility index (Phi) is 5.03. The van der Waals surface area contributed by atoms with Crippen molar-refractivity contribution in [3.63, 3.8) is 0 Å². The highest BCUT2D eigenvalue weighted by atomic mass is 127. The van der Waals surface area contributed by atoms with Gasteiger partial charge in [0.1, 0.15) is 13.3 Å². The minimum atomic E-state index is 0.0154. The van der Waals surface area contributed by atoms with Gasteiger partial charge in [0, 0.05) is 9.26 Å². The van der Waals surface area contributed by atoms with E-state index < -0.39 is 0 Å². The molecule has 2 heterocycles. The predicted octanol–water partition coefficient (Wildman–Crippen LogP) is 3.06. The lowest BCUT2D eigenvalue weighted by Gasteiger charge is -2.25. The first kappa shape index (κ1) is 17.2. The van der Waals surface area contributed by atoms with Gasteiger partial charge in [-0.05, 0) is 58.5 Å². The average molecular weight is 473 g/mol. The second kappa shape index (κ2) is 7.59. The molecule has 0 fully saturated rings. The Hall–Kier alpha value is -2.19. The number of anilines is 1. The molecule has 0 aliphatic carbocycles. The lowest BCUT2D eigenvalue weighted by molar-refractivity contribution is 0.569. The Balaban J connectivity index is 1.61. The van der Waals surface area contributed by atoms with Crippen LogP contribution in [0.25, 0.3) is 12.2 Å². The number of halogens is 1. The molecule has 0 atom stereocenters. The zero-order valence-electron chi connectivity index (χ0n) is 13.9. The molecule has 1 aliphatic heterocycles. The molecule has 26 heavy (non-hydrogen) atoms. The van der Waals surface area contributed by atoms with Crippen LogP contribution in [0.3, 0.4) is 0 Å². The van der Waals surface area contributed by atoms with E-state index >= 15 is 0 Å². The second-order valence-electron chi connectivity index (χ2n) is 5.88. The van der Waals surface area contributed by atoms with Gasteiger partial charge in [-0.25, -0.2) is 4.99 Å². The molecule has 1 aliphatic rings. The van der Waals surface area contributed by atoms with E-state index in [-0.39, 0.29) is 5.56 Å². The molecule has 3 aromatic rings. The molecule has 0 spiro atoms. The van der Waals surface area contributed by atoms with Gasteiger partial charge >= 0.3 is 0 Å². The molecule has 0 bridgehead atoms. The summed E-state index contributed by atoms with van der Waals surface area (Å²) in [5.41, 5.74) is 2.20. The smallest absolute Gasteiger partial charge is 0.271 e. The lowest BCUT2D eigenvalue weighted by atomic mass is 10.2. The number of rotatable bonds is 3. The summed E-state index contributed by atoms with van der Waals surface area (Å²) in [6.07, 6.45) is 5.79. The normalized spacial score (nSPS) is 14.5. The summed E-state index contributed by atoms with van der Waals surface area (Å²) in [5.74, 6) is 0. The molecule has 0 unspecified atom stereocenters. The van der Waals surface area contributed by atoms with Gasteiger partial charge in [-0.3, -0.25) is 9.36 Å². The molecule has 0 radical (unpaired) electrons. The number of allylic oxidation sites excluding steroid dienone is 1. The minimum absolute atomic E-state index is 0.0154. The third-order valence-electron chi connectivity index (χ3n) is 4.10. The van der Waals surface area contributed by atoms with Crippen LogP contribution in [0.15, 0.2) is 70.5 Å². The Labute approximate surface area is 168 Å². The molecule has 0 saturated heterocycles. The molecule has 0 N–H and O–H groups in total. The van der Waals surface area contributed by atoms with Crippen LogP contribution in [0.5, 0.6) is 0 Å². The van der Waals surface area contributed by atoms with Crippen LogP contribution in [0.2, 0.25) is 0 Å². The maximum absolute atomic E-state index is 12.7. The molecule has 2 aromatic carbocycles. The lowest BCUT2D eigenvalue weighted by Crippen LogP contribution is -2.42. The molecule has 1 aromatic heterocycles. The average Bonchev–Trinajstić information content (AvgIpc) is 2.99. The fraction of sp³-hybridized carbons (Fsp3) is 0.100. The minimum Gasteiger partial charge on any atom is -0.334 e. The largest absolute Gasteiger partial charge is 0.334 e. The first-order chi connectivity index (χ1) is 12.7. The molecule has 0 saturated carbocycles. The summed E-state index contributed by atoms with van der Waals surface area (Å²) in [6.45, 7) is 1.10. The van der Waals surface area contributed by atoms with Gasteiger partial charge in [0.2, 0.25) is 0 Å². The van der Waals surface area contributed by atoms with Crippen molar-refractivity contribution < 1.29 is 0 Å². The zero-order valence-corrected chi connectivity index (χ0v) is 16.9. The second-order valence-corrected chi connectivity index (χ2v) is 8.13. The van der Waals surface area contributed by atoms with E-state index in [1.165, 1.54) is 14.9 Å². The number of aromatic nitrogens is 1. The highest BCUT2D eigenvalue weighted by Crippen LogP contribution is 2.17. The first-order valence-corrected chi connectivity index (χ1v) is 10.1. The van der Waals surface area contributed by atoms with E-state index in [2.05, 4.69) is 56.7 Å². The van der Waals surface area contributed by atoms with Crippen LogP contribution in [0, 0.1) is 3.57 Å². The standard InChI is InChI=1S/C20H16IN3OS/c21-16-9-11-17(12-10-16)23-13-22-20-24(14-23)19(25)18(26-20)8-4-7-15-5-2-1-3-6-15/h1-12H,13-14H2/b7-4+,18-8+. The molecule has 130 valence electrons. The van der Waals surface area contributed by atoms with Crippen molar-refractivity contribution in [3.8, 4) is 0 Å². The molecule has 4 nitrogen and oxygen atoms in total. The molecule has 0 amide bonds. The van der Waals surface area contributed by atoms with Crippen molar-refractivity contribution in [1.29, 1.82) is 0 Å². The number of fused-ring (bicyclic) bond motifs is 1. The van der Waals surface area contributed by atoms with Crippen molar-refractivity contribution in [2.24, 2.45) is 4.99 Å². The highest BCUT2D eigenvalue weighted by molar-refractivity contribution is 14.1. The van der Waals surface area contributed by atoms with E-state index in [0.717, 1.165) is 16.1 Å². The number of hydrogen-bond donors (Lipinski definition) is 0. The topological polar surface area (TPSA) is 37.6 Å². The number of thiazole rings is 1. The fourth-order valence-corrected chi connectivity index (χ4v) is 4.03. The van der Waals surface area contributed by atoms with E-state index in [0.29, 0.717) is 17.9 Å². The summed E-state index contributed by atoms with van der Waals surface area (Å²) in [5, 5.41) is 0. The van der Waals surface area contributed by atoms with Gasteiger partial charge < -0.3 is 4.90 Å². The quantitative estimate of drug-likeness (QED) is 0.549. The fourth-order valence-electron chi connectivity index (χ4n) is 2.75. The third-order valence-corrected chi connectivity index (χ3v) is 5.89. The van der Waals surface area contributed by atoms with E-state index in [9.17, 15) is 4.79 Å². The van der Waals surface area contributed by atoms with Gasteiger partial charge in [0.15, 0.2) is 4.80 Å².